The second-order valence-corrected chi connectivity index (χ2v) is 7.17. The molecule has 2 N–H and O–H groups in total. The summed E-state index contributed by atoms with van der Waals surface area (Å²) < 4.78 is 38.2. The lowest BCUT2D eigenvalue weighted by atomic mass is 9.95. The van der Waals surface area contributed by atoms with E-state index in [1.807, 2.05) is 0 Å². The van der Waals surface area contributed by atoms with Crippen LogP contribution in [0.4, 0.5) is 18.9 Å². The Labute approximate surface area is 155 Å². The summed E-state index contributed by atoms with van der Waals surface area (Å²) in [6.07, 6.45) is -4.43. The van der Waals surface area contributed by atoms with Gasteiger partial charge in [0, 0.05) is 23.2 Å². The molecule has 144 valence electrons. The number of amides is 2. The van der Waals surface area contributed by atoms with Crippen LogP contribution >= 0.6 is 0 Å². The van der Waals surface area contributed by atoms with Gasteiger partial charge in [0.2, 0.25) is 5.91 Å². The lowest BCUT2D eigenvalue weighted by molar-refractivity contribution is -0.137. The first-order valence-electron chi connectivity index (χ1n) is 8.33. The molecule has 0 fully saturated rings. The number of alkyl halides is 3. The van der Waals surface area contributed by atoms with Crippen LogP contribution in [0.25, 0.3) is 0 Å². The molecule has 0 aliphatic carbocycles. The monoisotopic (exact) mass is 378 g/mol. The lowest BCUT2D eigenvalue weighted by Crippen LogP contribution is -2.28. The Balaban J connectivity index is 2.05. The summed E-state index contributed by atoms with van der Waals surface area (Å²) >= 11 is 0. The van der Waals surface area contributed by atoms with Crippen LogP contribution in [-0.4, -0.2) is 11.8 Å². The highest BCUT2D eigenvalue weighted by Crippen LogP contribution is 2.29. The van der Waals surface area contributed by atoms with Crippen molar-refractivity contribution < 1.29 is 22.8 Å². The zero-order valence-electron chi connectivity index (χ0n) is 15.3. The van der Waals surface area contributed by atoms with Crippen molar-refractivity contribution in [2.75, 3.05) is 5.32 Å². The molecule has 2 aromatic rings. The first-order chi connectivity index (χ1) is 12.5. The predicted molar refractivity (Wildman–Crippen MR) is 97.1 cm³/mol. The van der Waals surface area contributed by atoms with Gasteiger partial charge in [0.15, 0.2) is 0 Å². The van der Waals surface area contributed by atoms with Crippen molar-refractivity contribution in [2.45, 2.75) is 33.5 Å². The van der Waals surface area contributed by atoms with Crippen molar-refractivity contribution in [3.8, 4) is 0 Å². The first kappa shape index (κ1) is 20.5. The number of carbonyl (C=O) groups is 2. The SMILES string of the molecule is CC(C)(C)C(=O)Nc1cccc(C(=O)NCc2cccc(C(F)(F)F)c2)c1. The Bertz CT molecular complexity index is 840. The van der Waals surface area contributed by atoms with E-state index in [4.69, 9.17) is 0 Å². The van der Waals surface area contributed by atoms with E-state index in [-0.39, 0.29) is 12.5 Å². The van der Waals surface area contributed by atoms with E-state index in [2.05, 4.69) is 10.6 Å². The van der Waals surface area contributed by atoms with E-state index in [1.54, 1.807) is 39.0 Å². The molecule has 4 nitrogen and oxygen atoms in total. The van der Waals surface area contributed by atoms with Crippen LogP contribution in [0, 0.1) is 5.41 Å². The number of nitrogens with one attached hydrogen (secondary N) is 2. The number of halogens is 3. The predicted octanol–water partition coefficient (Wildman–Crippen LogP) is 4.62. The third kappa shape index (κ3) is 5.84. The molecule has 0 saturated carbocycles. The maximum atomic E-state index is 12.7. The standard InChI is InChI=1S/C20H21F3N2O2/c1-19(2,3)18(27)25-16-9-5-7-14(11-16)17(26)24-12-13-6-4-8-15(10-13)20(21,22)23/h4-11H,12H2,1-3H3,(H,24,26)(H,25,27). The van der Waals surface area contributed by atoms with Crippen molar-refractivity contribution in [2.24, 2.45) is 5.41 Å². The normalized spacial score (nSPS) is 11.8. The molecule has 27 heavy (non-hydrogen) atoms. The van der Waals surface area contributed by atoms with E-state index in [0.29, 0.717) is 16.8 Å². The Morgan fingerprint density at radius 1 is 0.963 bits per heavy atom. The zero-order valence-corrected chi connectivity index (χ0v) is 15.3. The highest BCUT2D eigenvalue weighted by Gasteiger charge is 2.30. The van der Waals surface area contributed by atoms with Gasteiger partial charge in [-0.15, -0.1) is 0 Å². The summed E-state index contributed by atoms with van der Waals surface area (Å²) in [7, 11) is 0. The van der Waals surface area contributed by atoms with E-state index in [0.717, 1.165) is 12.1 Å². The van der Waals surface area contributed by atoms with Gasteiger partial charge in [0.25, 0.3) is 5.91 Å². The lowest BCUT2D eigenvalue weighted by Gasteiger charge is -2.18. The maximum Gasteiger partial charge on any atom is 0.416 e. The molecular formula is C20H21F3N2O2. The second-order valence-electron chi connectivity index (χ2n) is 7.17. The fraction of sp³-hybridized carbons (Fsp3) is 0.300. The Morgan fingerprint density at radius 2 is 1.63 bits per heavy atom. The quantitative estimate of drug-likeness (QED) is 0.816. The molecule has 0 radical (unpaired) electrons. The van der Waals surface area contributed by atoms with Crippen LogP contribution < -0.4 is 10.6 Å². The number of rotatable bonds is 4. The summed E-state index contributed by atoms with van der Waals surface area (Å²) in [5, 5.41) is 5.32. The third-order valence-corrected chi connectivity index (χ3v) is 3.77. The number of carbonyl (C=O) groups excluding carboxylic acids is 2. The minimum absolute atomic E-state index is 0.0403. The van der Waals surface area contributed by atoms with E-state index >= 15 is 0 Å². The molecule has 2 aromatic carbocycles. The zero-order chi connectivity index (χ0) is 20.2. The minimum Gasteiger partial charge on any atom is -0.348 e. The van der Waals surface area contributed by atoms with Gasteiger partial charge in [-0.25, -0.2) is 0 Å². The highest BCUT2D eigenvalue weighted by atomic mass is 19.4. The summed E-state index contributed by atoms with van der Waals surface area (Å²) in [6.45, 7) is 5.28. The van der Waals surface area contributed by atoms with Gasteiger partial charge in [-0.3, -0.25) is 9.59 Å². The molecule has 0 heterocycles. The van der Waals surface area contributed by atoms with Crippen LogP contribution in [0.5, 0.6) is 0 Å². The molecule has 2 amide bonds. The average Bonchev–Trinajstić information content (AvgIpc) is 2.58. The molecule has 2 rings (SSSR count). The van der Waals surface area contributed by atoms with Gasteiger partial charge in [-0.2, -0.15) is 13.2 Å². The smallest absolute Gasteiger partial charge is 0.348 e. The number of hydrogen-bond donors (Lipinski definition) is 2. The summed E-state index contributed by atoms with van der Waals surface area (Å²) in [5.41, 5.74) is -0.228. The molecule has 0 aliphatic heterocycles. The topological polar surface area (TPSA) is 58.2 Å². The van der Waals surface area contributed by atoms with E-state index < -0.39 is 23.1 Å². The van der Waals surface area contributed by atoms with Crippen molar-refractivity contribution >= 4 is 17.5 Å². The first-order valence-corrected chi connectivity index (χ1v) is 8.33. The van der Waals surface area contributed by atoms with Crippen LogP contribution in [0.15, 0.2) is 48.5 Å². The summed E-state index contributed by atoms with van der Waals surface area (Å²) in [6, 6.07) is 11.2. The fourth-order valence-electron chi connectivity index (χ4n) is 2.20. The Morgan fingerprint density at radius 3 is 2.26 bits per heavy atom. The molecule has 0 spiro atoms. The van der Waals surface area contributed by atoms with E-state index in [9.17, 15) is 22.8 Å². The Hall–Kier alpha value is -2.83. The van der Waals surface area contributed by atoms with Crippen molar-refractivity contribution in [3.05, 3.63) is 65.2 Å². The summed E-state index contributed by atoms with van der Waals surface area (Å²) in [4.78, 5) is 24.3. The maximum absolute atomic E-state index is 12.7. The number of hydrogen-bond acceptors (Lipinski definition) is 2. The number of anilines is 1. The average molecular weight is 378 g/mol. The fourth-order valence-corrected chi connectivity index (χ4v) is 2.20. The molecule has 7 heteroatoms. The summed E-state index contributed by atoms with van der Waals surface area (Å²) in [5.74, 6) is -0.636. The van der Waals surface area contributed by atoms with Gasteiger partial charge in [-0.05, 0) is 35.9 Å². The van der Waals surface area contributed by atoms with Crippen LogP contribution in [-0.2, 0) is 17.5 Å². The molecule has 0 atom stereocenters. The molecule has 0 aromatic heterocycles. The van der Waals surface area contributed by atoms with Crippen LogP contribution in [0.2, 0.25) is 0 Å². The van der Waals surface area contributed by atoms with Crippen LogP contribution in [0.3, 0.4) is 0 Å². The molecular weight excluding hydrogens is 357 g/mol. The third-order valence-electron chi connectivity index (χ3n) is 3.77. The van der Waals surface area contributed by atoms with Gasteiger partial charge in [-0.1, -0.05) is 39.0 Å². The van der Waals surface area contributed by atoms with Gasteiger partial charge in [0.1, 0.15) is 0 Å². The van der Waals surface area contributed by atoms with E-state index in [1.165, 1.54) is 18.2 Å². The highest BCUT2D eigenvalue weighted by molar-refractivity contribution is 5.98. The van der Waals surface area contributed by atoms with Gasteiger partial charge < -0.3 is 10.6 Å². The van der Waals surface area contributed by atoms with Crippen molar-refractivity contribution in [1.82, 2.24) is 5.32 Å². The number of benzene rings is 2. The molecule has 0 aliphatic rings. The van der Waals surface area contributed by atoms with Gasteiger partial charge >= 0.3 is 6.18 Å². The second kappa shape index (κ2) is 7.82. The van der Waals surface area contributed by atoms with Crippen molar-refractivity contribution in [1.29, 1.82) is 0 Å². The van der Waals surface area contributed by atoms with Crippen molar-refractivity contribution in [3.63, 3.8) is 0 Å². The molecule has 0 bridgehead atoms. The molecule has 0 saturated heterocycles. The Kier molecular flexibility index (Phi) is 5.93. The minimum atomic E-state index is -4.43. The van der Waals surface area contributed by atoms with Gasteiger partial charge in [0.05, 0.1) is 5.56 Å². The largest absolute Gasteiger partial charge is 0.416 e. The van der Waals surface area contributed by atoms with Crippen LogP contribution in [0.1, 0.15) is 42.3 Å². The molecule has 0 unspecified atom stereocenters.